The molecule has 6 nitrogen and oxygen atoms in total. The molecule has 9 heteroatoms. The summed E-state index contributed by atoms with van der Waals surface area (Å²) < 4.78 is 33.6. The molecule has 2 heterocycles. The van der Waals surface area contributed by atoms with Gasteiger partial charge in [-0.3, -0.25) is 4.79 Å². The highest BCUT2D eigenvalue weighted by Gasteiger charge is 2.29. The van der Waals surface area contributed by atoms with Crippen LogP contribution in [-0.2, 0) is 18.4 Å². The number of carboxylic acid groups (broad SMARTS) is 1. The van der Waals surface area contributed by atoms with Crippen molar-refractivity contribution in [2.75, 3.05) is 0 Å². The minimum Gasteiger partial charge on any atom is -0.542 e. The van der Waals surface area contributed by atoms with Gasteiger partial charge in [0.15, 0.2) is 6.20 Å². The van der Waals surface area contributed by atoms with E-state index in [1.807, 2.05) is 66.5 Å². The quantitative estimate of drug-likeness (QED) is 0.651. The predicted molar refractivity (Wildman–Crippen MR) is 96.1 cm³/mol. The van der Waals surface area contributed by atoms with E-state index in [-0.39, 0.29) is 5.78 Å². The van der Waals surface area contributed by atoms with Crippen LogP contribution in [0.25, 0.3) is 16.8 Å². The van der Waals surface area contributed by atoms with Crippen LogP contribution in [0.2, 0.25) is 0 Å². The molecule has 3 aromatic rings. The lowest BCUT2D eigenvalue weighted by Crippen LogP contribution is -2.37. The molecule has 0 saturated carbocycles. The lowest BCUT2D eigenvalue weighted by molar-refractivity contribution is -0.671. The van der Waals surface area contributed by atoms with Gasteiger partial charge in [0.2, 0.25) is 11.5 Å². The fourth-order valence-corrected chi connectivity index (χ4v) is 2.91. The van der Waals surface area contributed by atoms with Gasteiger partial charge in [-0.05, 0) is 5.56 Å². The molecule has 0 unspecified atom stereocenters. The number of benzene rings is 1. The Bertz CT molecular complexity index is 1100. The second-order valence-electron chi connectivity index (χ2n) is 6.32. The third-order valence-electron chi connectivity index (χ3n) is 4.33. The summed E-state index contributed by atoms with van der Waals surface area (Å²) in [5, 5.41) is 14.1. The number of carbonyl (C=O) groups is 2. The monoisotopic (exact) mass is 403 g/mol. The van der Waals surface area contributed by atoms with Crippen molar-refractivity contribution in [2.45, 2.75) is 12.7 Å². The molecule has 0 atom stereocenters. The number of halogens is 3. The smallest absolute Gasteiger partial charge is 0.430 e. The Hall–Kier alpha value is -3.62. The Kier molecular flexibility index (Phi) is 5.40. The molecule has 1 aliphatic carbocycles. The zero-order chi connectivity index (χ0) is 21.2. The molecular weight excluding hydrogens is 387 g/mol. The van der Waals surface area contributed by atoms with E-state index in [1.165, 1.54) is 0 Å². The van der Waals surface area contributed by atoms with Crippen LogP contribution in [0.1, 0.15) is 21.7 Å². The molecule has 29 heavy (non-hydrogen) atoms. The number of carbonyl (C=O) groups excluding carboxylic acids is 2. The fraction of sp³-hybridized carbons (Fsp3) is 0.150. The molecule has 150 valence electrons. The number of aryl methyl sites for hydroxylation is 1. The van der Waals surface area contributed by atoms with Crippen LogP contribution in [0.15, 0.2) is 54.5 Å². The number of pyridine rings is 1. The molecule has 0 spiro atoms. The number of nitrogens with zero attached hydrogens (tertiary/aromatic N) is 1. The Labute approximate surface area is 163 Å². The molecule has 0 fully saturated rings. The molecule has 1 aliphatic rings. The minimum absolute atomic E-state index is 0.0182. The summed E-state index contributed by atoms with van der Waals surface area (Å²) in [5.74, 6) is -2.99. The van der Waals surface area contributed by atoms with E-state index in [4.69, 9.17) is 9.90 Å². The summed E-state index contributed by atoms with van der Waals surface area (Å²) in [6.07, 6.45) is 0.644. The molecule has 0 aliphatic heterocycles. The second kappa shape index (κ2) is 7.78. The molecule has 2 aromatic heterocycles. The van der Waals surface area contributed by atoms with Gasteiger partial charge in [0.25, 0.3) is 0 Å². The largest absolute Gasteiger partial charge is 0.542 e. The van der Waals surface area contributed by atoms with Crippen molar-refractivity contribution in [2.24, 2.45) is 7.05 Å². The normalized spacial score (nSPS) is 12.8. The maximum Gasteiger partial charge on any atom is 0.430 e. The average molecular weight is 403 g/mol. The highest BCUT2D eigenvalue weighted by Crippen LogP contribution is 2.27. The number of aromatic amines is 1. The molecule has 1 aromatic carbocycles. The van der Waals surface area contributed by atoms with Crippen molar-refractivity contribution < 1.29 is 32.4 Å². The van der Waals surface area contributed by atoms with Gasteiger partial charge in [-0.25, -0.2) is 4.57 Å². The van der Waals surface area contributed by atoms with Crippen LogP contribution in [0.4, 0.5) is 13.2 Å². The number of nitrogens with one attached hydrogen (secondary N) is 2. The number of carboxylic acids is 1. The summed E-state index contributed by atoms with van der Waals surface area (Å²) in [6.45, 7) is 0.633. The summed E-state index contributed by atoms with van der Waals surface area (Å²) in [5.41, 5.74) is 3.49. The fourth-order valence-electron chi connectivity index (χ4n) is 2.91. The van der Waals surface area contributed by atoms with Gasteiger partial charge in [0.05, 0.1) is 11.1 Å². The van der Waals surface area contributed by atoms with Gasteiger partial charge >= 0.3 is 6.18 Å². The van der Waals surface area contributed by atoms with E-state index < -0.39 is 12.1 Å². The number of Topliss-reactive ketones (excluding diaryl/α,β-unsaturated/α-hetero) is 1. The predicted octanol–water partition coefficient (Wildman–Crippen LogP) is 1.62. The first-order chi connectivity index (χ1) is 13.7. The molecule has 0 saturated heterocycles. The molecular formula is C20H16F3N3O3. The first-order valence-electron chi connectivity index (χ1n) is 8.50. The molecule has 0 amide bonds. The highest BCUT2D eigenvalue weighted by molar-refractivity contribution is 6.20. The lowest BCUT2D eigenvalue weighted by Gasteiger charge is -2.13. The maximum atomic E-state index is 12.6. The van der Waals surface area contributed by atoms with E-state index in [0.29, 0.717) is 17.9 Å². The van der Waals surface area contributed by atoms with E-state index in [0.717, 1.165) is 22.0 Å². The number of aliphatic carboxylic acids is 1. The highest BCUT2D eigenvalue weighted by atomic mass is 19.4. The summed E-state index contributed by atoms with van der Waals surface area (Å²) in [7, 11) is 1.99. The van der Waals surface area contributed by atoms with Crippen LogP contribution in [0.3, 0.4) is 0 Å². The number of hydrogen-bond acceptors (Lipinski definition) is 4. The van der Waals surface area contributed by atoms with E-state index >= 15 is 0 Å². The number of allylic oxidation sites excluding steroid dienone is 1. The minimum atomic E-state index is -5.19. The third-order valence-corrected chi connectivity index (χ3v) is 4.33. The van der Waals surface area contributed by atoms with Crippen LogP contribution in [0, 0.1) is 0 Å². The van der Waals surface area contributed by atoms with Crippen molar-refractivity contribution in [3.63, 3.8) is 0 Å². The molecule has 2 N–H and O–H groups in total. The van der Waals surface area contributed by atoms with Crippen LogP contribution in [0.5, 0.6) is 0 Å². The molecule has 4 rings (SSSR count). The summed E-state index contributed by atoms with van der Waals surface area (Å²) >= 11 is 0. The first-order valence-corrected chi connectivity index (χ1v) is 8.50. The zero-order valence-electron chi connectivity index (χ0n) is 15.2. The number of H-pyrrole nitrogens is 1. The van der Waals surface area contributed by atoms with Crippen molar-refractivity contribution in [3.05, 3.63) is 71.4 Å². The van der Waals surface area contributed by atoms with Gasteiger partial charge in [-0.15, -0.1) is 0 Å². The average Bonchev–Trinajstić information content (AvgIpc) is 3.11. The Balaban J connectivity index is 0.000000298. The lowest BCUT2D eigenvalue weighted by atomic mass is 10.0. The third kappa shape index (κ3) is 4.29. The number of hydrogen-bond donors (Lipinski definition) is 2. The summed E-state index contributed by atoms with van der Waals surface area (Å²) in [4.78, 5) is 24.5. The van der Waals surface area contributed by atoms with Crippen molar-refractivity contribution in [3.8, 4) is 0 Å². The molecule has 0 bridgehead atoms. The second-order valence-corrected chi connectivity index (χ2v) is 6.32. The Morgan fingerprint density at radius 3 is 2.48 bits per heavy atom. The van der Waals surface area contributed by atoms with Crippen LogP contribution >= 0.6 is 0 Å². The van der Waals surface area contributed by atoms with Crippen molar-refractivity contribution in [1.29, 1.82) is 0 Å². The van der Waals surface area contributed by atoms with E-state index in [2.05, 4.69) is 10.3 Å². The van der Waals surface area contributed by atoms with Crippen LogP contribution in [-0.4, -0.2) is 22.9 Å². The standard InChI is InChI=1S/C18H15N3O.C2HF3O2/c1-21-8-7-13-11-20-17-16(13)15(21)9-14(18(17)22)19-10-12-5-3-2-4-6-12;3-2(4,5)1(6)7/h2-9,11H,10H2,1H3,(H,19,20,22);(H,6,7). The maximum absolute atomic E-state index is 12.6. The number of rotatable bonds is 3. The number of alkyl halides is 3. The van der Waals surface area contributed by atoms with Crippen molar-refractivity contribution in [1.82, 2.24) is 10.3 Å². The number of ketones is 1. The van der Waals surface area contributed by atoms with Gasteiger partial charge in [0.1, 0.15) is 18.7 Å². The van der Waals surface area contributed by atoms with Crippen molar-refractivity contribution >= 4 is 28.6 Å². The van der Waals surface area contributed by atoms with E-state index in [1.54, 1.807) is 0 Å². The van der Waals surface area contributed by atoms with Gasteiger partial charge in [0, 0.05) is 30.3 Å². The molecule has 0 radical (unpaired) electrons. The first kappa shape index (κ1) is 20.1. The topological polar surface area (TPSA) is 88.9 Å². The van der Waals surface area contributed by atoms with E-state index in [9.17, 15) is 18.0 Å². The SMILES string of the molecule is C[n+]1ccc2c[nH]c3c2c1C=C(NCc1ccccc1)C3=O.O=C([O-])C(F)(F)F. The Morgan fingerprint density at radius 1 is 1.21 bits per heavy atom. The van der Waals surface area contributed by atoms with Gasteiger partial charge in [-0.2, -0.15) is 13.2 Å². The zero-order valence-corrected chi connectivity index (χ0v) is 15.2. The Morgan fingerprint density at radius 2 is 1.86 bits per heavy atom. The van der Waals surface area contributed by atoms with Gasteiger partial charge in [-0.1, -0.05) is 30.3 Å². The number of aromatic nitrogens is 2. The van der Waals surface area contributed by atoms with Gasteiger partial charge < -0.3 is 20.2 Å². The van der Waals surface area contributed by atoms with Crippen LogP contribution < -0.4 is 15.0 Å². The summed E-state index contributed by atoms with van der Waals surface area (Å²) in [6, 6.07) is 12.1.